The van der Waals surface area contributed by atoms with Gasteiger partial charge in [-0.05, 0) is 23.9 Å². The zero-order valence-corrected chi connectivity index (χ0v) is 12.0. The van der Waals surface area contributed by atoms with Crippen LogP contribution in [-0.2, 0) is 6.54 Å². The van der Waals surface area contributed by atoms with Crippen molar-refractivity contribution in [1.29, 1.82) is 0 Å². The van der Waals surface area contributed by atoms with Gasteiger partial charge in [-0.15, -0.1) is 0 Å². The molecule has 0 radical (unpaired) electrons. The Kier molecular flexibility index (Phi) is 3.69. The smallest absolute Gasteiger partial charge is 0.132 e. The van der Waals surface area contributed by atoms with E-state index in [1.807, 2.05) is 61.5 Å². The Balaban J connectivity index is 1.94. The number of aliphatic imine (C=N–C) groups is 1. The van der Waals surface area contributed by atoms with Crippen LogP contribution in [0.4, 0.5) is 0 Å². The molecule has 0 aromatic heterocycles. The second kappa shape index (κ2) is 5.80. The molecule has 0 heterocycles. The van der Waals surface area contributed by atoms with Crippen molar-refractivity contribution >= 4 is 16.5 Å². The van der Waals surface area contributed by atoms with Crippen molar-refractivity contribution in [2.75, 3.05) is 0 Å². The van der Waals surface area contributed by atoms with Gasteiger partial charge in [0.05, 0.1) is 6.54 Å². The van der Waals surface area contributed by atoms with E-state index in [0.717, 1.165) is 27.6 Å². The number of aromatic hydroxyl groups is 1. The molecule has 0 unspecified atom stereocenters. The maximum absolute atomic E-state index is 10.4. The highest BCUT2D eigenvalue weighted by molar-refractivity contribution is 6.06. The third-order valence-electron chi connectivity index (χ3n) is 3.63. The summed E-state index contributed by atoms with van der Waals surface area (Å²) in [6, 6.07) is 21.9. The van der Waals surface area contributed by atoms with Gasteiger partial charge in [-0.3, -0.25) is 4.99 Å². The first-order valence-corrected chi connectivity index (χ1v) is 7.02. The SMILES string of the molecule is CC(=NCc1ccccc1)c1ccc2ccccc2c1O. The van der Waals surface area contributed by atoms with Crippen molar-refractivity contribution in [3.63, 3.8) is 0 Å². The van der Waals surface area contributed by atoms with Gasteiger partial charge in [-0.2, -0.15) is 0 Å². The third kappa shape index (κ3) is 2.79. The largest absolute Gasteiger partial charge is 0.507 e. The van der Waals surface area contributed by atoms with E-state index in [1.54, 1.807) is 0 Å². The molecule has 0 fully saturated rings. The molecule has 2 heteroatoms. The Hall–Kier alpha value is -2.61. The molecule has 3 aromatic carbocycles. The molecular formula is C19H17NO. The lowest BCUT2D eigenvalue weighted by atomic mass is 10.0. The normalized spacial score (nSPS) is 11.8. The Labute approximate surface area is 124 Å². The van der Waals surface area contributed by atoms with Crippen molar-refractivity contribution in [3.05, 3.63) is 77.9 Å². The summed E-state index contributed by atoms with van der Waals surface area (Å²) < 4.78 is 0. The van der Waals surface area contributed by atoms with Gasteiger partial charge in [0.25, 0.3) is 0 Å². The molecule has 3 aromatic rings. The summed E-state index contributed by atoms with van der Waals surface area (Å²) in [6.07, 6.45) is 0. The summed E-state index contributed by atoms with van der Waals surface area (Å²) >= 11 is 0. The number of benzene rings is 3. The van der Waals surface area contributed by atoms with Crippen LogP contribution in [0.5, 0.6) is 5.75 Å². The highest BCUT2D eigenvalue weighted by Gasteiger charge is 2.08. The fraction of sp³-hybridized carbons (Fsp3) is 0.105. The minimum atomic E-state index is 0.308. The van der Waals surface area contributed by atoms with Crippen LogP contribution in [0.15, 0.2) is 71.7 Å². The number of phenols is 1. The highest BCUT2D eigenvalue weighted by atomic mass is 16.3. The Morgan fingerprint density at radius 1 is 0.905 bits per heavy atom. The van der Waals surface area contributed by atoms with Gasteiger partial charge in [-0.1, -0.05) is 60.7 Å². The first-order chi connectivity index (χ1) is 10.3. The van der Waals surface area contributed by atoms with Crippen LogP contribution in [-0.4, -0.2) is 10.8 Å². The molecule has 0 spiro atoms. The second-order valence-corrected chi connectivity index (χ2v) is 5.07. The maximum Gasteiger partial charge on any atom is 0.132 e. The standard InChI is InChI=1S/C19H17NO/c1-14(20-13-15-7-3-2-4-8-15)17-12-11-16-9-5-6-10-18(16)19(17)21/h2-12,21H,13H2,1H3. The fourth-order valence-corrected chi connectivity index (χ4v) is 2.43. The molecule has 0 aliphatic rings. The fourth-order valence-electron chi connectivity index (χ4n) is 2.43. The Morgan fingerprint density at radius 3 is 2.43 bits per heavy atom. The van der Waals surface area contributed by atoms with Crippen LogP contribution >= 0.6 is 0 Å². The van der Waals surface area contributed by atoms with Gasteiger partial charge >= 0.3 is 0 Å². The minimum absolute atomic E-state index is 0.308. The van der Waals surface area contributed by atoms with Crippen LogP contribution in [0, 0.1) is 0 Å². The lowest BCUT2D eigenvalue weighted by Gasteiger charge is -2.08. The van der Waals surface area contributed by atoms with Crippen molar-refractivity contribution in [2.45, 2.75) is 13.5 Å². The Bertz CT molecular complexity index is 791. The predicted octanol–water partition coefficient (Wildman–Crippen LogP) is 4.55. The number of hydrogen-bond acceptors (Lipinski definition) is 2. The number of hydrogen-bond donors (Lipinski definition) is 1. The lowest BCUT2D eigenvalue weighted by Crippen LogP contribution is -1.97. The van der Waals surface area contributed by atoms with E-state index in [-0.39, 0.29) is 0 Å². The van der Waals surface area contributed by atoms with Crippen LogP contribution in [0.1, 0.15) is 18.1 Å². The van der Waals surface area contributed by atoms with Gasteiger partial charge in [0, 0.05) is 16.7 Å². The van der Waals surface area contributed by atoms with Crippen LogP contribution in [0.3, 0.4) is 0 Å². The van der Waals surface area contributed by atoms with Gasteiger partial charge in [0.2, 0.25) is 0 Å². The monoisotopic (exact) mass is 275 g/mol. The molecule has 0 amide bonds. The van der Waals surface area contributed by atoms with E-state index >= 15 is 0 Å². The lowest BCUT2D eigenvalue weighted by molar-refractivity contribution is 0.480. The van der Waals surface area contributed by atoms with E-state index in [9.17, 15) is 5.11 Å². The molecule has 0 saturated heterocycles. The zero-order chi connectivity index (χ0) is 14.7. The zero-order valence-electron chi connectivity index (χ0n) is 12.0. The molecule has 0 atom stereocenters. The van der Waals surface area contributed by atoms with Crippen LogP contribution in [0.2, 0.25) is 0 Å². The van der Waals surface area contributed by atoms with E-state index in [1.165, 1.54) is 0 Å². The second-order valence-electron chi connectivity index (χ2n) is 5.07. The minimum Gasteiger partial charge on any atom is -0.507 e. The summed E-state index contributed by atoms with van der Waals surface area (Å²) in [5, 5.41) is 12.3. The average molecular weight is 275 g/mol. The first-order valence-electron chi connectivity index (χ1n) is 7.02. The molecular weight excluding hydrogens is 258 g/mol. The van der Waals surface area contributed by atoms with Gasteiger partial charge < -0.3 is 5.11 Å². The number of phenolic OH excluding ortho intramolecular Hbond substituents is 1. The van der Waals surface area contributed by atoms with Crippen molar-refractivity contribution in [2.24, 2.45) is 4.99 Å². The van der Waals surface area contributed by atoms with Gasteiger partial charge in [-0.25, -0.2) is 0 Å². The topological polar surface area (TPSA) is 32.6 Å². The first kappa shape index (κ1) is 13.4. The summed E-state index contributed by atoms with van der Waals surface area (Å²) in [5.74, 6) is 0.308. The molecule has 104 valence electrons. The quantitative estimate of drug-likeness (QED) is 0.698. The van der Waals surface area contributed by atoms with E-state index < -0.39 is 0 Å². The molecule has 0 saturated carbocycles. The molecule has 0 aliphatic carbocycles. The molecule has 0 bridgehead atoms. The summed E-state index contributed by atoms with van der Waals surface area (Å²) in [6.45, 7) is 2.56. The van der Waals surface area contributed by atoms with E-state index in [2.05, 4.69) is 17.1 Å². The Morgan fingerprint density at radius 2 is 1.62 bits per heavy atom. The third-order valence-corrected chi connectivity index (χ3v) is 3.63. The molecule has 2 nitrogen and oxygen atoms in total. The van der Waals surface area contributed by atoms with Crippen LogP contribution in [0.25, 0.3) is 10.8 Å². The average Bonchev–Trinajstić information content (AvgIpc) is 2.54. The predicted molar refractivity (Wildman–Crippen MR) is 88.0 cm³/mol. The van der Waals surface area contributed by atoms with Gasteiger partial charge in [0.1, 0.15) is 5.75 Å². The number of nitrogens with zero attached hydrogens (tertiary/aromatic N) is 1. The van der Waals surface area contributed by atoms with Crippen molar-refractivity contribution in [3.8, 4) is 5.75 Å². The maximum atomic E-state index is 10.4. The van der Waals surface area contributed by atoms with E-state index in [0.29, 0.717) is 12.3 Å². The van der Waals surface area contributed by atoms with Crippen molar-refractivity contribution in [1.82, 2.24) is 0 Å². The summed E-state index contributed by atoms with van der Waals surface area (Å²) in [5.41, 5.74) is 2.81. The van der Waals surface area contributed by atoms with Gasteiger partial charge in [0.15, 0.2) is 0 Å². The van der Waals surface area contributed by atoms with Crippen molar-refractivity contribution < 1.29 is 5.11 Å². The molecule has 3 rings (SSSR count). The summed E-state index contributed by atoms with van der Waals surface area (Å²) in [4.78, 5) is 4.59. The van der Waals surface area contributed by atoms with E-state index in [4.69, 9.17) is 0 Å². The van der Waals surface area contributed by atoms with Crippen LogP contribution < -0.4 is 0 Å². The number of fused-ring (bicyclic) bond motifs is 1. The molecule has 1 N–H and O–H groups in total. The summed E-state index contributed by atoms with van der Waals surface area (Å²) in [7, 11) is 0. The molecule has 0 aliphatic heterocycles. The highest BCUT2D eigenvalue weighted by Crippen LogP contribution is 2.29. The number of rotatable bonds is 3. The molecule has 21 heavy (non-hydrogen) atoms.